The second-order valence-corrected chi connectivity index (χ2v) is 5.73. The van der Waals surface area contributed by atoms with Gasteiger partial charge in [0.1, 0.15) is 5.75 Å². The number of carbonyl (C=O) groups excluding carboxylic acids is 1. The molecule has 0 saturated carbocycles. The van der Waals surface area contributed by atoms with Crippen molar-refractivity contribution >= 4 is 17.5 Å². The van der Waals surface area contributed by atoms with E-state index in [1.165, 1.54) is 0 Å². The number of aromatic nitrogens is 1. The number of hydrogen-bond acceptors (Lipinski definition) is 3. The van der Waals surface area contributed by atoms with Crippen LogP contribution in [-0.4, -0.2) is 36.0 Å². The minimum atomic E-state index is -0.0657. The molecule has 5 heteroatoms. The molecule has 0 bridgehead atoms. The maximum Gasteiger partial charge on any atom is 0.257 e. The van der Waals surface area contributed by atoms with Crippen molar-refractivity contribution in [3.8, 4) is 5.75 Å². The number of aryl methyl sites for hydroxylation is 1. The van der Waals surface area contributed by atoms with Gasteiger partial charge < -0.3 is 9.64 Å². The SMILES string of the molecule is CCN(CCc1ccncc1)C(=O)c1cc(Cl)cc(C)c1OC. The van der Waals surface area contributed by atoms with Gasteiger partial charge in [-0.1, -0.05) is 11.6 Å². The van der Waals surface area contributed by atoms with Crippen LogP contribution < -0.4 is 4.74 Å². The van der Waals surface area contributed by atoms with Crippen molar-refractivity contribution in [1.82, 2.24) is 9.88 Å². The van der Waals surface area contributed by atoms with Crippen molar-refractivity contribution in [2.75, 3.05) is 20.2 Å². The first-order chi connectivity index (χ1) is 11.1. The zero-order valence-electron chi connectivity index (χ0n) is 13.7. The largest absolute Gasteiger partial charge is 0.496 e. The van der Waals surface area contributed by atoms with E-state index in [1.54, 1.807) is 36.5 Å². The highest BCUT2D eigenvalue weighted by molar-refractivity contribution is 6.31. The van der Waals surface area contributed by atoms with Crippen LogP contribution in [0.4, 0.5) is 0 Å². The second-order valence-electron chi connectivity index (χ2n) is 5.29. The third kappa shape index (κ3) is 4.23. The molecular formula is C18H21ClN2O2. The summed E-state index contributed by atoms with van der Waals surface area (Å²) in [6.07, 6.45) is 4.30. The first-order valence-corrected chi connectivity index (χ1v) is 7.97. The van der Waals surface area contributed by atoms with Crippen LogP contribution in [-0.2, 0) is 6.42 Å². The Morgan fingerprint density at radius 2 is 2.00 bits per heavy atom. The van der Waals surface area contributed by atoms with Crippen LogP contribution in [0.15, 0.2) is 36.7 Å². The fraction of sp³-hybridized carbons (Fsp3) is 0.333. The van der Waals surface area contributed by atoms with Crippen LogP contribution in [0.1, 0.15) is 28.4 Å². The highest BCUT2D eigenvalue weighted by Gasteiger charge is 2.20. The van der Waals surface area contributed by atoms with Crippen LogP contribution in [0.3, 0.4) is 0 Å². The average Bonchev–Trinajstić information content (AvgIpc) is 2.55. The lowest BCUT2D eigenvalue weighted by atomic mass is 10.1. The van der Waals surface area contributed by atoms with Gasteiger partial charge in [-0.3, -0.25) is 9.78 Å². The molecule has 1 amide bonds. The van der Waals surface area contributed by atoms with E-state index >= 15 is 0 Å². The molecule has 2 aromatic rings. The molecule has 1 heterocycles. The fourth-order valence-corrected chi connectivity index (χ4v) is 2.82. The molecule has 0 atom stereocenters. The second kappa shape index (κ2) is 7.97. The standard InChI is InChI=1S/C18H21ClN2O2/c1-4-21(10-7-14-5-8-20-9-6-14)18(22)16-12-15(19)11-13(2)17(16)23-3/h5-6,8-9,11-12H,4,7,10H2,1-3H3. The Kier molecular flexibility index (Phi) is 5.99. The molecule has 122 valence electrons. The van der Waals surface area contributed by atoms with Crippen molar-refractivity contribution in [3.63, 3.8) is 0 Å². The maximum atomic E-state index is 12.9. The Morgan fingerprint density at radius 3 is 2.61 bits per heavy atom. The molecule has 1 aromatic heterocycles. The fourth-order valence-electron chi connectivity index (χ4n) is 2.55. The number of amides is 1. The topological polar surface area (TPSA) is 42.4 Å². The van der Waals surface area contributed by atoms with E-state index in [2.05, 4.69) is 4.98 Å². The molecule has 0 aliphatic heterocycles. The predicted octanol–water partition coefficient (Wildman–Crippen LogP) is 3.76. The minimum Gasteiger partial charge on any atom is -0.496 e. The molecule has 4 nitrogen and oxygen atoms in total. The van der Waals surface area contributed by atoms with Gasteiger partial charge in [0.2, 0.25) is 0 Å². The Hall–Kier alpha value is -2.07. The molecular weight excluding hydrogens is 312 g/mol. The average molecular weight is 333 g/mol. The van der Waals surface area contributed by atoms with Crippen LogP contribution in [0.2, 0.25) is 5.02 Å². The van der Waals surface area contributed by atoms with Crippen LogP contribution >= 0.6 is 11.6 Å². The Bertz CT molecular complexity index is 674. The van der Waals surface area contributed by atoms with Gasteiger partial charge in [0, 0.05) is 30.5 Å². The van der Waals surface area contributed by atoms with Crippen molar-refractivity contribution in [1.29, 1.82) is 0 Å². The Balaban J connectivity index is 2.20. The molecule has 0 N–H and O–H groups in total. The molecule has 1 aromatic carbocycles. The summed E-state index contributed by atoms with van der Waals surface area (Å²) in [6.45, 7) is 5.11. The van der Waals surface area contributed by atoms with Gasteiger partial charge in [-0.25, -0.2) is 0 Å². The number of hydrogen-bond donors (Lipinski definition) is 0. The zero-order chi connectivity index (χ0) is 16.8. The van der Waals surface area contributed by atoms with Gasteiger partial charge in [0.05, 0.1) is 12.7 Å². The number of methoxy groups -OCH3 is 1. The third-order valence-electron chi connectivity index (χ3n) is 3.76. The lowest BCUT2D eigenvalue weighted by molar-refractivity contribution is 0.0762. The van der Waals surface area contributed by atoms with E-state index in [0.717, 1.165) is 17.5 Å². The zero-order valence-corrected chi connectivity index (χ0v) is 14.4. The summed E-state index contributed by atoms with van der Waals surface area (Å²) in [4.78, 5) is 18.7. The van der Waals surface area contributed by atoms with Gasteiger partial charge in [0.25, 0.3) is 5.91 Å². The van der Waals surface area contributed by atoms with Crippen molar-refractivity contribution in [2.24, 2.45) is 0 Å². The summed E-state index contributed by atoms with van der Waals surface area (Å²) in [5.74, 6) is 0.519. The molecule has 0 radical (unpaired) electrons. The summed E-state index contributed by atoms with van der Waals surface area (Å²) in [5, 5.41) is 0.539. The predicted molar refractivity (Wildman–Crippen MR) is 92.3 cm³/mol. The van der Waals surface area contributed by atoms with E-state index in [-0.39, 0.29) is 5.91 Å². The van der Waals surface area contributed by atoms with Gasteiger partial charge in [0.15, 0.2) is 0 Å². The number of likely N-dealkylation sites (N-methyl/N-ethyl adjacent to an activating group) is 1. The Morgan fingerprint density at radius 1 is 1.30 bits per heavy atom. The normalized spacial score (nSPS) is 10.4. The van der Waals surface area contributed by atoms with Gasteiger partial charge in [-0.05, 0) is 55.7 Å². The quantitative estimate of drug-likeness (QED) is 0.809. The minimum absolute atomic E-state index is 0.0657. The molecule has 0 saturated heterocycles. The maximum absolute atomic E-state index is 12.9. The summed E-state index contributed by atoms with van der Waals surface area (Å²) in [5.41, 5.74) is 2.52. The summed E-state index contributed by atoms with van der Waals surface area (Å²) >= 11 is 6.11. The molecule has 2 rings (SSSR count). The lowest BCUT2D eigenvalue weighted by Crippen LogP contribution is -2.33. The smallest absolute Gasteiger partial charge is 0.257 e. The molecule has 23 heavy (non-hydrogen) atoms. The number of rotatable bonds is 6. The van der Waals surface area contributed by atoms with Crippen LogP contribution in [0, 0.1) is 6.92 Å². The highest BCUT2D eigenvalue weighted by Crippen LogP contribution is 2.28. The van der Waals surface area contributed by atoms with E-state index < -0.39 is 0 Å². The molecule has 0 unspecified atom stereocenters. The monoisotopic (exact) mass is 332 g/mol. The Labute approximate surface area is 142 Å². The van der Waals surface area contributed by atoms with Crippen LogP contribution in [0.5, 0.6) is 5.75 Å². The molecule has 0 fully saturated rings. The number of carbonyl (C=O) groups is 1. The number of pyridine rings is 1. The summed E-state index contributed by atoms with van der Waals surface area (Å²) < 4.78 is 5.40. The third-order valence-corrected chi connectivity index (χ3v) is 3.98. The highest BCUT2D eigenvalue weighted by atomic mass is 35.5. The van der Waals surface area contributed by atoms with Gasteiger partial charge >= 0.3 is 0 Å². The molecule has 0 aliphatic rings. The van der Waals surface area contributed by atoms with E-state index in [9.17, 15) is 4.79 Å². The molecule has 0 spiro atoms. The lowest BCUT2D eigenvalue weighted by Gasteiger charge is -2.23. The van der Waals surface area contributed by atoms with Crippen molar-refractivity contribution in [3.05, 3.63) is 58.4 Å². The van der Waals surface area contributed by atoms with Crippen LogP contribution in [0.25, 0.3) is 0 Å². The first-order valence-electron chi connectivity index (χ1n) is 7.59. The number of halogens is 1. The number of nitrogens with zero attached hydrogens (tertiary/aromatic N) is 2. The first kappa shape index (κ1) is 17.3. The van der Waals surface area contributed by atoms with Gasteiger partial charge in [-0.15, -0.1) is 0 Å². The number of benzene rings is 1. The summed E-state index contributed by atoms with van der Waals surface area (Å²) in [6, 6.07) is 7.39. The van der Waals surface area contributed by atoms with Gasteiger partial charge in [-0.2, -0.15) is 0 Å². The number of ether oxygens (including phenoxy) is 1. The van der Waals surface area contributed by atoms with E-state index in [1.807, 2.05) is 26.0 Å². The van der Waals surface area contributed by atoms with E-state index in [0.29, 0.717) is 29.4 Å². The molecule has 0 aliphatic carbocycles. The van der Waals surface area contributed by atoms with Crippen molar-refractivity contribution in [2.45, 2.75) is 20.3 Å². The van der Waals surface area contributed by atoms with Crippen molar-refractivity contribution < 1.29 is 9.53 Å². The van der Waals surface area contributed by atoms with E-state index in [4.69, 9.17) is 16.3 Å². The summed E-state index contributed by atoms with van der Waals surface area (Å²) in [7, 11) is 1.57.